The molecule has 82 valence electrons. The van der Waals surface area contributed by atoms with E-state index in [4.69, 9.17) is 10.5 Å². The number of carbonyl (C=O) groups is 1. The highest BCUT2D eigenvalue weighted by molar-refractivity contribution is 5.79. The van der Waals surface area contributed by atoms with Crippen molar-refractivity contribution >= 4 is 5.91 Å². The molecule has 1 aliphatic carbocycles. The SMILES string of the molecule is COCCN(CCN)C(=O)C1CCC1. The summed E-state index contributed by atoms with van der Waals surface area (Å²) in [6, 6.07) is 0. The lowest BCUT2D eigenvalue weighted by atomic mass is 9.84. The predicted molar refractivity (Wildman–Crippen MR) is 54.9 cm³/mol. The fourth-order valence-electron chi connectivity index (χ4n) is 1.60. The summed E-state index contributed by atoms with van der Waals surface area (Å²) in [4.78, 5) is 13.7. The Balaban J connectivity index is 2.34. The van der Waals surface area contributed by atoms with E-state index in [9.17, 15) is 4.79 Å². The van der Waals surface area contributed by atoms with E-state index >= 15 is 0 Å². The molecular weight excluding hydrogens is 180 g/mol. The van der Waals surface area contributed by atoms with Crippen LogP contribution in [-0.4, -0.2) is 44.2 Å². The van der Waals surface area contributed by atoms with Gasteiger partial charge in [-0.1, -0.05) is 6.42 Å². The van der Waals surface area contributed by atoms with Gasteiger partial charge in [0.2, 0.25) is 5.91 Å². The molecule has 1 saturated carbocycles. The lowest BCUT2D eigenvalue weighted by molar-refractivity contribution is -0.138. The Morgan fingerprint density at radius 2 is 2.21 bits per heavy atom. The maximum atomic E-state index is 11.8. The zero-order chi connectivity index (χ0) is 10.4. The zero-order valence-corrected chi connectivity index (χ0v) is 8.87. The number of methoxy groups -OCH3 is 1. The molecule has 2 N–H and O–H groups in total. The van der Waals surface area contributed by atoms with E-state index in [1.807, 2.05) is 4.90 Å². The number of rotatable bonds is 6. The Morgan fingerprint density at radius 1 is 1.50 bits per heavy atom. The molecule has 0 aromatic carbocycles. The van der Waals surface area contributed by atoms with Crippen LogP contribution in [0.15, 0.2) is 0 Å². The molecule has 1 fully saturated rings. The van der Waals surface area contributed by atoms with Gasteiger partial charge in [-0.3, -0.25) is 4.79 Å². The first-order valence-corrected chi connectivity index (χ1v) is 5.27. The number of hydrogen-bond acceptors (Lipinski definition) is 3. The Bertz CT molecular complexity index is 181. The molecule has 1 amide bonds. The Morgan fingerprint density at radius 3 is 2.64 bits per heavy atom. The zero-order valence-electron chi connectivity index (χ0n) is 8.87. The summed E-state index contributed by atoms with van der Waals surface area (Å²) < 4.78 is 4.97. The van der Waals surface area contributed by atoms with Crippen molar-refractivity contribution in [3.8, 4) is 0 Å². The van der Waals surface area contributed by atoms with Gasteiger partial charge in [0.05, 0.1) is 6.61 Å². The largest absolute Gasteiger partial charge is 0.383 e. The molecule has 4 heteroatoms. The summed E-state index contributed by atoms with van der Waals surface area (Å²) in [7, 11) is 1.65. The maximum Gasteiger partial charge on any atom is 0.225 e. The van der Waals surface area contributed by atoms with Crippen LogP contribution >= 0.6 is 0 Å². The summed E-state index contributed by atoms with van der Waals surface area (Å²) in [5.74, 6) is 0.525. The molecule has 0 saturated heterocycles. The Kier molecular flexibility index (Phi) is 4.90. The Hall–Kier alpha value is -0.610. The van der Waals surface area contributed by atoms with Gasteiger partial charge in [-0.15, -0.1) is 0 Å². The minimum absolute atomic E-state index is 0.262. The van der Waals surface area contributed by atoms with E-state index < -0.39 is 0 Å². The van der Waals surface area contributed by atoms with E-state index in [0.717, 1.165) is 12.8 Å². The van der Waals surface area contributed by atoms with Crippen molar-refractivity contribution in [1.82, 2.24) is 4.90 Å². The first-order valence-electron chi connectivity index (χ1n) is 5.27. The fourth-order valence-corrected chi connectivity index (χ4v) is 1.60. The number of carbonyl (C=O) groups excluding carboxylic acids is 1. The van der Waals surface area contributed by atoms with Gasteiger partial charge in [0.1, 0.15) is 0 Å². The highest BCUT2D eigenvalue weighted by atomic mass is 16.5. The third-order valence-electron chi connectivity index (χ3n) is 2.73. The minimum atomic E-state index is 0.262. The molecule has 0 atom stereocenters. The van der Waals surface area contributed by atoms with E-state index in [-0.39, 0.29) is 11.8 Å². The summed E-state index contributed by atoms with van der Waals surface area (Å²) in [5, 5.41) is 0. The number of amides is 1. The summed E-state index contributed by atoms with van der Waals surface area (Å²) in [5.41, 5.74) is 5.46. The second-order valence-electron chi connectivity index (χ2n) is 3.73. The van der Waals surface area contributed by atoms with Crippen LogP contribution < -0.4 is 5.73 Å². The van der Waals surface area contributed by atoms with Crippen LogP contribution in [0.4, 0.5) is 0 Å². The monoisotopic (exact) mass is 200 g/mol. The predicted octanol–water partition coefficient (Wildman–Crippen LogP) is 0.220. The van der Waals surface area contributed by atoms with Gasteiger partial charge in [0.25, 0.3) is 0 Å². The topological polar surface area (TPSA) is 55.6 Å². The molecule has 1 aliphatic rings. The average Bonchev–Trinajstić information content (AvgIpc) is 2.09. The number of hydrogen-bond donors (Lipinski definition) is 1. The van der Waals surface area contributed by atoms with Crippen molar-refractivity contribution in [3.05, 3.63) is 0 Å². The molecule has 14 heavy (non-hydrogen) atoms. The highest BCUT2D eigenvalue weighted by Crippen LogP contribution is 2.28. The number of nitrogens with zero attached hydrogens (tertiary/aromatic N) is 1. The average molecular weight is 200 g/mol. The molecule has 0 heterocycles. The normalized spacial score (nSPS) is 16.4. The first-order chi connectivity index (χ1) is 6.79. The number of ether oxygens (including phenoxy) is 1. The third-order valence-corrected chi connectivity index (χ3v) is 2.73. The summed E-state index contributed by atoms with van der Waals surface area (Å²) >= 11 is 0. The van der Waals surface area contributed by atoms with Gasteiger partial charge < -0.3 is 15.4 Å². The summed E-state index contributed by atoms with van der Waals surface area (Å²) in [6.07, 6.45) is 3.29. The van der Waals surface area contributed by atoms with Crippen LogP contribution in [0.2, 0.25) is 0 Å². The third kappa shape index (κ3) is 2.96. The van der Waals surface area contributed by atoms with E-state index in [1.54, 1.807) is 7.11 Å². The van der Waals surface area contributed by atoms with E-state index in [2.05, 4.69) is 0 Å². The van der Waals surface area contributed by atoms with Crippen molar-refractivity contribution in [2.45, 2.75) is 19.3 Å². The van der Waals surface area contributed by atoms with Gasteiger partial charge in [-0.05, 0) is 12.8 Å². The molecule has 0 spiro atoms. The lowest BCUT2D eigenvalue weighted by Crippen LogP contribution is -2.43. The second-order valence-corrected chi connectivity index (χ2v) is 3.73. The van der Waals surface area contributed by atoms with Gasteiger partial charge in [-0.2, -0.15) is 0 Å². The highest BCUT2D eigenvalue weighted by Gasteiger charge is 2.28. The van der Waals surface area contributed by atoms with Crippen molar-refractivity contribution in [2.24, 2.45) is 11.7 Å². The van der Waals surface area contributed by atoms with Crippen LogP contribution in [0.25, 0.3) is 0 Å². The first kappa shape index (κ1) is 11.5. The van der Waals surface area contributed by atoms with Crippen LogP contribution in [-0.2, 0) is 9.53 Å². The van der Waals surface area contributed by atoms with Gasteiger partial charge in [0, 0.05) is 32.7 Å². The van der Waals surface area contributed by atoms with Crippen molar-refractivity contribution in [1.29, 1.82) is 0 Å². The fraction of sp³-hybridized carbons (Fsp3) is 0.900. The van der Waals surface area contributed by atoms with Crippen molar-refractivity contribution in [2.75, 3.05) is 33.4 Å². The van der Waals surface area contributed by atoms with Crippen LogP contribution in [0.3, 0.4) is 0 Å². The van der Waals surface area contributed by atoms with Crippen molar-refractivity contribution < 1.29 is 9.53 Å². The van der Waals surface area contributed by atoms with Gasteiger partial charge in [0.15, 0.2) is 0 Å². The van der Waals surface area contributed by atoms with E-state index in [0.29, 0.717) is 26.2 Å². The number of nitrogens with two attached hydrogens (primary N) is 1. The molecule has 1 rings (SSSR count). The van der Waals surface area contributed by atoms with Gasteiger partial charge >= 0.3 is 0 Å². The van der Waals surface area contributed by atoms with Crippen LogP contribution in [0.5, 0.6) is 0 Å². The smallest absolute Gasteiger partial charge is 0.225 e. The quantitative estimate of drug-likeness (QED) is 0.667. The molecule has 4 nitrogen and oxygen atoms in total. The summed E-state index contributed by atoms with van der Waals surface area (Å²) in [6.45, 7) is 2.45. The molecule has 0 radical (unpaired) electrons. The van der Waals surface area contributed by atoms with Crippen molar-refractivity contribution in [3.63, 3.8) is 0 Å². The van der Waals surface area contributed by atoms with Crippen LogP contribution in [0.1, 0.15) is 19.3 Å². The second kappa shape index (κ2) is 5.98. The van der Waals surface area contributed by atoms with E-state index in [1.165, 1.54) is 6.42 Å². The molecular formula is C10H20N2O2. The molecule has 0 aromatic rings. The van der Waals surface area contributed by atoms with Crippen LogP contribution in [0, 0.1) is 5.92 Å². The van der Waals surface area contributed by atoms with Gasteiger partial charge in [-0.25, -0.2) is 0 Å². The molecule has 0 unspecified atom stereocenters. The standard InChI is InChI=1S/C10H20N2O2/c1-14-8-7-12(6-5-11)10(13)9-3-2-4-9/h9H,2-8,11H2,1H3. The minimum Gasteiger partial charge on any atom is -0.383 e. The lowest BCUT2D eigenvalue weighted by Gasteiger charge is -2.31. The molecule has 0 bridgehead atoms. The molecule has 0 aromatic heterocycles. The Labute approximate surface area is 85.4 Å². The molecule has 0 aliphatic heterocycles. The maximum absolute atomic E-state index is 11.8.